The molecule has 1 aromatic heterocycles. The number of thiazole rings is 1. The fraction of sp³-hybridized carbons (Fsp3) is 0.333. The van der Waals surface area contributed by atoms with E-state index in [1.807, 2.05) is 46.7 Å². The molecule has 3 aromatic rings. The number of ether oxygens (including phenoxy) is 3. The molecular formula is C24H24N2O4S. The first-order valence-electron chi connectivity index (χ1n) is 10.5. The summed E-state index contributed by atoms with van der Waals surface area (Å²) in [5, 5.41) is 2.89. The van der Waals surface area contributed by atoms with Crippen LogP contribution in [0.5, 0.6) is 17.2 Å². The summed E-state index contributed by atoms with van der Waals surface area (Å²) in [6.07, 6.45) is 2.27. The van der Waals surface area contributed by atoms with Gasteiger partial charge in [0.05, 0.1) is 25.3 Å². The highest BCUT2D eigenvalue weighted by molar-refractivity contribution is 7.13. The maximum Gasteiger partial charge on any atom is 0.229 e. The first kappa shape index (κ1) is 19.9. The fourth-order valence-electron chi connectivity index (χ4n) is 4.19. The highest BCUT2D eigenvalue weighted by atomic mass is 32.1. The molecule has 2 aliphatic rings. The normalized spacial score (nSPS) is 17.6. The predicted octanol–water partition coefficient (Wildman–Crippen LogP) is 4.50. The highest BCUT2D eigenvalue weighted by Gasteiger charge is 2.31. The molecule has 0 radical (unpaired) electrons. The summed E-state index contributed by atoms with van der Waals surface area (Å²) < 4.78 is 16.6. The zero-order chi connectivity index (χ0) is 21.2. The zero-order valence-electron chi connectivity index (χ0n) is 17.4. The van der Waals surface area contributed by atoms with Crippen LogP contribution in [0.4, 0.5) is 0 Å². The Kier molecular flexibility index (Phi) is 5.51. The molecule has 1 saturated heterocycles. The van der Waals surface area contributed by atoms with E-state index in [9.17, 15) is 4.79 Å². The van der Waals surface area contributed by atoms with Crippen LogP contribution in [-0.4, -0.2) is 42.7 Å². The van der Waals surface area contributed by atoms with Crippen LogP contribution >= 0.6 is 11.3 Å². The number of likely N-dealkylation sites (tertiary alicyclic amines) is 1. The third-order valence-corrected chi connectivity index (χ3v) is 6.69. The minimum Gasteiger partial charge on any atom is -0.497 e. The standard InChI is InChI=1S/C24H24N2O4S/c1-28-19-7-4-16(5-8-19)24-25-18(15-31-24)14-23(27)26-10-2-3-20(26)17-6-9-21-22(13-17)30-12-11-29-21/h4-9,13,15,20H,2-3,10-12,14H2,1H3/t20-/m0/s1. The monoisotopic (exact) mass is 436 g/mol. The topological polar surface area (TPSA) is 60.9 Å². The Bertz CT molecular complexity index is 1080. The van der Waals surface area contributed by atoms with E-state index < -0.39 is 0 Å². The first-order valence-corrected chi connectivity index (χ1v) is 11.4. The third kappa shape index (κ3) is 4.10. The van der Waals surface area contributed by atoms with E-state index in [0.717, 1.165) is 58.5 Å². The van der Waals surface area contributed by atoms with Gasteiger partial charge in [-0.3, -0.25) is 4.79 Å². The quantitative estimate of drug-likeness (QED) is 0.590. The number of amides is 1. The van der Waals surface area contributed by atoms with Gasteiger partial charge in [0.25, 0.3) is 0 Å². The molecule has 3 heterocycles. The van der Waals surface area contributed by atoms with Crippen molar-refractivity contribution in [2.24, 2.45) is 0 Å². The Morgan fingerprint density at radius 2 is 1.97 bits per heavy atom. The molecule has 0 aliphatic carbocycles. The largest absolute Gasteiger partial charge is 0.497 e. The van der Waals surface area contributed by atoms with Gasteiger partial charge in [-0.1, -0.05) is 6.07 Å². The average Bonchev–Trinajstić information content (AvgIpc) is 3.49. The molecule has 0 unspecified atom stereocenters. The van der Waals surface area contributed by atoms with Crippen LogP contribution in [0.25, 0.3) is 10.6 Å². The number of carbonyl (C=O) groups is 1. The Balaban J connectivity index is 1.29. The Labute approximate surface area is 185 Å². The number of carbonyl (C=O) groups excluding carboxylic acids is 1. The predicted molar refractivity (Wildman–Crippen MR) is 119 cm³/mol. The van der Waals surface area contributed by atoms with Crippen LogP contribution in [-0.2, 0) is 11.2 Å². The van der Waals surface area contributed by atoms with Crippen molar-refractivity contribution in [1.29, 1.82) is 0 Å². The summed E-state index contributed by atoms with van der Waals surface area (Å²) in [6, 6.07) is 13.9. The Morgan fingerprint density at radius 1 is 1.16 bits per heavy atom. The van der Waals surface area contributed by atoms with Crippen molar-refractivity contribution in [3.05, 3.63) is 59.1 Å². The van der Waals surface area contributed by atoms with Crippen molar-refractivity contribution < 1.29 is 19.0 Å². The second-order valence-electron chi connectivity index (χ2n) is 7.70. The van der Waals surface area contributed by atoms with Crippen LogP contribution in [0.15, 0.2) is 47.8 Å². The molecule has 0 N–H and O–H groups in total. The van der Waals surface area contributed by atoms with Crippen LogP contribution in [0, 0.1) is 0 Å². The van der Waals surface area contributed by atoms with Crippen molar-refractivity contribution in [1.82, 2.24) is 9.88 Å². The summed E-state index contributed by atoms with van der Waals surface area (Å²) in [4.78, 5) is 19.8. The van der Waals surface area contributed by atoms with Gasteiger partial charge >= 0.3 is 0 Å². The molecule has 1 amide bonds. The minimum atomic E-state index is 0.0722. The third-order valence-electron chi connectivity index (χ3n) is 5.75. The Morgan fingerprint density at radius 3 is 2.77 bits per heavy atom. The van der Waals surface area contributed by atoms with Gasteiger partial charge < -0.3 is 19.1 Å². The number of methoxy groups -OCH3 is 1. The van der Waals surface area contributed by atoms with Gasteiger partial charge in [-0.05, 0) is 54.8 Å². The van der Waals surface area contributed by atoms with Gasteiger partial charge in [-0.15, -0.1) is 11.3 Å². The SMILES string of the molecule is COc1ccc(-c2nc(CC(=O)N3CCC[C@H]3c3ccc4c(c3)OCCO4)cs2)cc1. The van der Waals surface area contributed by atoms with Crippen molar-refractivity contribution >= 4 is 17.2 Å². The maximum absolute atomic E-state index is 13.1. The van der Waals surface area contributed by atoms with E-state index in [1.54, 1.807) is 18.4 Å². The zero-order valence-corrected chi connectivity index (χ0v) is 18.2. The molecule has 1 fully saturated rings. The second kappa shape index (κ2) is 8.59. The average molecular weight is 437 g/mol. The van der Waals surface area contributed by atoms with Gasteiger partial charge in [-0.25, -0.2) is 4.98 Å². The van der Waals surface area contributed by atoms with Crippen LogP contribution in [0.1, 0.15) is 30.1 Å². The lowest BCUT2D eigenvalue weighted by atomic mass is 10.0. The summed E-state index contributed by atoms with van der Waals surface area (Å²) in [6.45, 7) is 1.91. The molecule has 5 rings (SSSR count). The van der Waals surface area contributed by atoms with E-state index in [4.69, 9.17) is 19.2 Å². The smallest absolute Gasteiger partial charge is 0.229 e. The lowest BCUT2D eigenvalue weighted by Crippen LogP contribution is -2.32. The Hall–Kier alpha value is -3.06. The number of rotatable bonds is 5. The minimum absolute atomic E-state index is 0.0722. The van der Waals surface area contributed by atoms with Crippen LogP contribution < -0.4 is 14.2 Å². The summed E-state index contributed by atoms with van der Waals surface area (Å²) in [7, 11) is 1.65. The summed E-state index contributed by atoms with van der Waals surface area (Å²) in [5.74, 6) is 2.48. The number of hydrogen-bond acceptors (Lipinski definition) is 6. The maximum atomic E-state index is 13.1. The summed E-state index contributed by atoms with van der Waals surface area (Å²) >= 11 is 1.56. The number of aromatic nitrogens is 1. The van der Waals surface area contributed by atoms with Gasteiger partial charge in [0.15, 0.2) is 11.5 Å². The molecule has 160 valence electrons. The van der Waals surface area contributed by atoms with E-state index >= 15 is 0 Å². The number of fused-ring (bicyclic) bond motifs is 1. The lowest BCUT2D eigenvalue weighted by Gasteiger charge is -2.26. The molecule has 2 aromatic carbocycles. The van der Waals surface area contributed by atoms with Gasteiger partial charge in [0.1, 0.15) is 24.0 Å². The molecule has 6 nitrogen and oxygen atoms in total. The van der Waals surface area contributed by atoms with Crippen molar-refractivity contribution in [3.8, 4) is 27.8 Å². The van der Waals surface area contributed by atoms with Crippen LogP contribution in [0.3, 0.4) is 0 Å². The van der Waals surface area contributed by atoms with Crippen molar-refractivity contribution in [2.75, 3.05) is 26.9 Å². The van der Waals surface area contributed by atoms with Gasteiger partial charge in [0, 0.05) is 17.5 Å². The molecule has 0 saturated carbocycles. The van der Waals surface area contributed by atoms with Crippen molar-refractivity contribution in [2.45, 2.75) is 25.3 Å². The number of hydrogen-bond donors (Lipinski definition) is 0. The molecule has 0 spiro atoms. The molecule has 31 heavy (non-hydrogen) atoms. The molecule has 0 bridgehead atoms. The highest BCUT2D eigenvalue weighted by Crippen LogP contribution is 2.38. The number of benzene rings is 2. The van der Waals surface area contributed by atoms with E-state index in [1.165, 1.54) is 0 Å². The van der Waals surface area contributed by atoms with Crippen molar-refractivity contribution in [3.63, 3.8) is 0 Å². The van der Waals surface area contributed by atoms with E-state index in [2.05, 4.69) is 6.07 Å². The molecule has 1 atom stereocenters. The van der Waals surface area contributed by atoms with E-state index in [0.29, 0.717) is 19.6 Å². The van der Waals surface area contributed by atoms with Crippen LogP contribution in [0.2, 0.25) is 0 Å². The molecular weight excluding hydrogens is 412 g/mol. The lowest BCUT2D eigenvalue weighted by molar-refractivity contribution is -0.131. The molecule has 2 aliphatic heterocycles. The van der Waals surface area contributed by atoms with Gasteiger partial charge in [0.2, 0.25) is 5.91 Å². The van der Waals surface area contributed by atoms with E-state index in [-0.39, 0.29) is 11.9 Å². The molecule has 7 heteroatoms. The second-order valence-corrected chi connectivity index (χ2v) is 8.56. The van der Waals surface area contributed by atoms with Gasteiger partial charge in [-0.2, -0.15) is 0 Å². The fourth-order valence-corrected chi connectivity index (χ4v) is 5.02. The number of nitrogens with zero attached hydrogens (tertiary/aromatic N) is 2. The summed E-state index contributed by atoms with van der Waals surface area (Å²) in [5.41, 5.74) is 2.95. The first-order chi connectivity index (χ1) is 15.2.